The molecule has 0 saturated carbocycles. The second-order valence-electron chi connectivity index (χ2n) is 5.83. The number of fused-ring (bicyclic) bond motifs is 1. The van der Waals surface area contributed by atoms with E-state index in [0.717, 1.165) is 16.9 Å². The summed E-state index contributed by atoms with van der Waals surface area (Å²) in [5, 5.41) is 2.92. The molecule has 0 aliphatic rings. The predicted octanol–water partition coefficient (Wildman–Crippen LogP) is 4.26. The molecule has 4 aromatic rings. The van der Waals surface area contributed by atoms with Crippen molar-refractivity contribution >= 4 is 17.2 Å². The Balaban J connectivity index is 1.70. The van der Waals surface area contributed by atoms with Crippen LogP contribution in [0.4, 0.5) is 5.69 Å². The fourth-order valence-corrected chi connectivity index (χ4v) is 2.82. The Kier molecular flexibility index (Phi) is 4.11. The minimum absolute atomic E-state index is 0.184. The molecule has 2 heterocycles. The molecule has 5 nitrogen and oxygen atoms in total. The smallest absolute Gasteiger partial charge is 0.255 e. The Labute approximate surface area is 150 Å². The van der Waals surface area contributed by atoms with Crippen molar-refractivity contribution in [3.8, 4) is 17.0 Å². The molecule has 0 unspecified atom stereocenters. The van der Waals surface area contributed by atoms with E-state index in [-0.39, 0.29) is 5.91 Å². The maximum atomic E-state index is 12.5. The first-order valence-corrected chi connectivity index (χ1v) is 8.23. The maximum Gasteiger partial charge on any atom is 0.255 e. The van der Waals surface area contributed by atoms with Crippen LogP contribution in [0.5, 0.6) is 5.75 Å². The summed E-state index contributed by atoms with van der Waals surface area (Å²) in [6, 6.07) is 20.6. The summed E-state index contributed by atoms with van der Waals surface area (Å²) in [7, 11) is 1.58. The summed E-state index contributed by atoms with van der Waals surface area (Å²) >= 11 is 0. The number of hydrogen-bond donors (Lipinski definition) is 1. The molecule has 2 aromatic heterocycles. The van der Waals surface area contributed by atoms with Crippen LogP contribution in [-0.4, -0.2) is 22.4 Å². The summed E-state index contributed by atoms with van der Waals surface area (Å²) in [6.45, 7) is 0. The first-order valence-electron chi connectivity index (χ1n) is 8.23. The van der Waals surface area contributed by atoms with Crippen LogP contribution in [0.1, 0.15) is 10.4 Å². The van der Waals surface area contributed by atoms with Gasteiger partial charge in [-0.05, 0) is 42.5 Å². The molecule has 1 N–H and O–H groups in total. The normalized spacial score (nSPS) is 10.7. The molecule has 0 bridgehead atoms. The van der Waals surface area contributed by atoms with Crippen molar-refractivity contribution in [3.63, 3.8) is 0 Å². The van der Waals surface area contributed by atoms with Gasteiger partial charge in [0.1, 0.15) is 11.4 Å². The lowest BCUT2D eigenvalue weighted by Gasteiger charge is -2.11. The van der Waals surface area contributed by atoms with Crippen molar-refractivity contribution in [1.82, 2.24) is 9.38 Å². The number of rotatable bonds is 4. The van der Waals surface area contributed by atoms with Gasteiger partial charge in [0.15, 0.2) is 0 Å². The van der Waals surface area contributed by atoms with Gasteiger partial charge in [-0.15, -0.1) is 0 Å². The number of anilines is 1. The molecule has 4 rings (SSSR count). The molecule has 0 aliphatic carbocycles. The van der Waals surface area contributed by atoms with E-state index >= 15 is 0 Å². The second-order valence-corrected chi connectivity index (χ2v) is 5.83. The zero-order valence-electron chi connectivity index (χ0n) is 14.2. The van der Waals surface area contributed by atoms with Crippen molar-refractivity contribution in [1.29, 1.82) is 0 Å². The number of nitrogens with zero attached hydrogens (tertiary/aromatic N) is 2. The number of nitrogens with one attached hydrogen (secondary N) is 1. The molecule has 5 heteroatoms. The van der Waals surface area contributed by atoms with Gasteiger partial charge in [0.2, 0.25) is 0 Å². The lowest BCUT2D eigenvalue weighted by atomic mass is 10.1. The van der Waals surface area contributed by atoms with Gasteiger partial charge in [0, 0.05) is 23.5 Å². The molecule has 0 saturated heterocycles. The molecule has 128 valence electrons. The average molecular weight is 343 g/mol. The van der Waals surface area contributed by atoms with Crippen molar-refractivity contribution in [2.75, 3.05) is 12.4 Å². The molecule has 2 aromatic carbocycles. The number of ether oxygens (including phenoxy) is 1. The third kappa shape index (κ3) is 3.02. The molecule has 0 spiro atoms. The van der Waals surface area contributed by atoms with E-state index in [4.69, 9.17) is 4.74 Å². The van der Waals surface area contributed by atoms with Crippen LogP contribution in [-0.2, 0) is 0 Å². The van der Waals surface area contributed by atoms with Crippen molar-refractivity contribution in [3.05, 3.63) is 84.7 Å². The van der Waals surface area contributed by atoms with Gasteiger partial charge in [0.05, 0.1) is 18.5 Å². The summed E-state index contributed by atoms with van der Waals surface area (Å²) < 4.78 is 7.35. The molecule has 26 heavy (non-hydrogen) atoms. The van der Waals surface area contributed by atoms with Gasteiger partial charge in [-0.3, -0.25) is 4.79 Å². The number of amides is 1. The Morgan fingerprint density at radius 1 is 1.04 bits per heavy atom. The van der Waals surface area contributed by atoms with Gasteiger partial charge in [0.25, 0.3) is 5.91 Å². The molecular formula is C21H17N3O2. The van der Waals surface area contributed by atoms with Crippen LogP contribution >= 0.6 is 0 Å². The topological polar surface area (TPSA) is 55.6 Å². The number of methoxy groups -OCH3 is 1. The first kappa shape index (κ1) is 15.9. The van der Waals surface area contributed by atoms with E-state index in [0.29, 0.717) is 17.0 Å². The van der Waals surface area contributed by atoms with Gasteiger partial charge in [-0.1, -0.05) is 24.3 Å². The van der Waals surface area contributed by atoms with Crippen LogP contribution in [0.3, 0.4) is 0 Å². The predicted molar refractivity (Wildman–Crippen MR) is 102 cm³/mol. The molecule has 0 fully saturated rings. The zero-order valence-corrected chi connectivity index (χ0v) is 14.2. The van der Waals surface area contributed by atoms with Gasteiger partial charge in [-0.25, -0.2) is 4.98 Å². The lowest BCUT2D eigenvalue weighted by molar-refractivity contribution is 0.102. The largest absolute Gasteiger partial charge is 0.495 e. The van der Waals surface area contributed by atoms with Crippen LogP contribution < -0.4 is 10.1 Å². The number of carbonyl (C=O) groups excluding carboxylic acids is 1. The molecular weight excluding hydrogens is 326 g/mol. The molecule has 1 amide bonds. The summed E-state index contributed by atoms with van der Waals surface area (Å²) in [5.74, 6) is 0.415. The average Bonchev–Trinajstić information content (AvgIpc) is 3.13. The first-order chi connectivity index (χ1) is 12.7. The number of aromatic nitrogens is 2. The second kappa shape index (κ2) is 6.72. The van der Waals surface area contributed by atoms with Crippen LogP contribution in [0.25, 0.3) is 16.9 Å². The van der Waals surface area contributed by atoms with Gasteiger partial charge in [-0.2, -0.15) is 0 Å². The highest BCUT2D eigenvalue weighted by atomic mass is 16.5. The monoisotopic (exact) mass is 343 g/mol. The van der Waals surface area contributed by atoms with Gasteiger partial charge < -0.3 is 14.5 Å². The maximum absolute atomic E-state index is 12.5. The minimum Gasteiger partial charge on any atom is -0.495 e. The minimum atomic E-state index is -0.184. The highest BCUT2D eigenvalue weighted by Gasteiger charge is 2.12. The number of imidazole rings is 1. The lowest BCUT2D eigenvalue weighted by Crippen LogP contribution is -2.12. The Hall–Kier alpha value is -3.60. The van der Waals surface area contributed by atoms with E-state index in [1.807, 2.05) is 71.4 Å². The SMILES string of the molecule is COc1ccc(-c2cn3ccccc3n2)cc1NC(=O)c1ccccc1. The standard InChI is InChI=1S/C21H17N3O2/c1-26-19-11-10-16(18-14-24-12-6-5-9-20(24)22-18)13-17(19)23-21(25)15-7-3-2-4-8-15/h2-14H,1H3,(H,23,25). The zero-order chi connectivity index (χ0) is 17.9. The highest BCUT2D eigenvalue weighted by molar-refractivity contribution is 6.05. The fraction of sp³-hybridized carbons (Fsp3) is 0.0476. The van der Waals surface area contributed by atoms with E-state index < -0.39 is 0 Å². The molecule has 0 atom stereocenters. The molecule has 0 radical (unpaired) electrons. The number of hydrogen-bond acceptors (Lipinski definition) is 3. The fourth-order valence-electron chi connectivity index (χ4n) is 2.82. The van der Waals surface area contributed by atoms with E-state index in [2.05, 4.69) is 10.3 Å². The third-order valence-corrected chi connectivity index (χ3v) is 4.14. The number of pyridine rings is 1. The van der Waals surface area contributed by atoms with Gasteiger partial charge >= 0.3 is 0 Å². The van der Waals surface area contributed by atoms with Crippen LogP contribution in [0, 0.1) is 0 Å². The quantitative estimate of drug-likeness (QED) is 0.602. The Bertz CT molecular complexity index is 1040. The van der Waals surface area contributed by atoms with E-state index in [1.165, 1.54) is 0 Å². The summed E-state index contributed by atoms with van der Waals surface area (Å²) in [4.78, 5) is 17.1. The van der Waals surface area contributed by atoms with Crippen LogP contribution in [0.15, 0.2) is 79.1 Å². The van der Waals surface area contributed by atoms with E-state index in [1.54, 1.807) is 19.2 Å². The van der Waals surface area contributed by atoms with Crippen molar-refractivity contribution in [2.24, 2.45) is 0 Å². The third-order valence-electron chi connectivity index (χ3n) is 4.14. The summed E-state index contributed by atoms with van der Waals surface area (Å²) in [6.07, 6.45) is 3.91. The van der Waals surface area contributed by atoms with Crippen molar-refractivity contribution < 1.29 is 9.53 Å². The van der Waals surface area contributed by atoms with E-state index in [9.17, 15) is 4.79 Å². The van der Waals surface area contributed by atoms with Crippen LogP contribution in [0.2, 0.25) is 0 Å². The Morgan fingerprint density at radius 3 is 2.62 bits per heavy atom. The summed E-state index contributed by atoms with van der Waals surface area (Å²) in [5.41, 5.74) is 3.80. The van der Waals surface area contributed by atoms with Crippen molar-refractivity contribution in [2.45, 2.75) is 0 Å². The number of carbonyl (C=O) groups is 1. The highest BCUT2D eigenvalue weighted by Crippen LogP contribution is 2.30. The number of benzene rings is 2. The molecule has 0 aliphatic heterocycles. The Morgan fingerprint density at radius 2 is 1.85 bits per heavy atom.